The Kier molecular flexibility index (Phi) is 5.45. The van der Waals surface area contributed by atoms with Crippen LogP contribution in [0.5, 0.6) is 11.5 Å². The van der Waals surface area contributed by atoms with Crippen molar-refractivity contribution in [2.24, 2.45) is 0 Å². The molecule has 104 valence electrons. The Balaban J connectivity index is 2.98. The van der Waals surface area contributed by atoms with Gasteiger partial charge < -0.3 is 9.47 Å². The highest BCUT2D eigenvalue weighted by molar-refractivity contribution is 7.92. The summed E-state index contributed by atoms with van der Waals surface area (Å²) in [6, 6.07) is 6.31. The molecular formula is C12H16N2O4S. The van der Waals surface area contributed by atoms with Gasteiger partial charge in [0, 0.05) is 6.07 Å². The van der Waals surface area contributed by atoms with Crippen LogP contribution in [-0.2, 0) is 10.0 Å². The molecule has 6 nitrogen and oxygen atoms in total. The maximum absolute atomic E-state index is 11.5. The molecule has 0 aliphatic heterocycles. The SMILES string of the molecule is CCOc1ccc(NS(=O)(=O)CC#N)cc1OCC. The highest BCUT2D eigenvalue weighted by Crippen LogP contribution is 2.30. The fourth-order valence-electron chi connectivity index (χ4n) is 1.42. The molecule has 0 radical (unpaired) electrons. The van der Waals surface area contributed by atoms with Crippen molar-refractivity contribution in [1.29, 1.82) is 5.26 Å². The quantitative estimate of drug-likeness (QED) is 0.824. The average Bonchev–Trinajstić information content (AvgIpc) is 2.32. The molecule has 1 N–H and O–H groups in total. The summed E-state index contributed by atoms with van der Waals surface area (Å²) in [4.78, 5) is 0. The minimum absolute atomic E-state index is 0.335. The van der Waals surface area contributed by atoms with Gasteiger partial charge in [0.1, 0.15) is 0 Å². The zero-order valence-corrected chi connectivity index (χ0v) is 11.7. The summed E-state index contributed by atoms with van der Waals surface area (Å²) < 4.78 is 36.0. The largest absolute Gasteiger partial charge is 0.490 e. The molecule has 0 aliphatic rings. The van der Waals surface area contributed by atoms with Crippen LogP contribution in [0.1, 0.15) is 13.8 Å². The van der Waals surface area contributed by atoms with Gasteiger partial charge >= 0.3 is 0 Å². The van der Waals surface area contributed by atoms with E-state index in [1.54, 1.807) is 18.2 Å². The van der Waals surface area contributed by atoms with Crippen LogP contribution in [0, 0.1) is 11.3 Å². The molecule has 0 amide bonds. The Morgan fingerprint density at radius 3 is 2.42 bits per heavy atom. The fraction of sp³-hybridized carbons (Fsp3) is 0.417. The Bertz CT molecular complexity index is 564. The summed E-state index contributed by atoms with van der Waals surface area (Å²) in [5.74, 6) is 0.415. The fourth-order valence-corrected chi connectivity index (χ4v) is 2.14. The molecule has 0 unspecified atom stereocenters. The first-order valence-electron chi connectivity index (χ1n) is 5.79. The molecule has 0 aromatic heterocycles. The first-order valence-corrected chi connectivity index (χ1v) is 7.44. The van der Waals surface area contributed by atoms with E-state index in [0.29, 0.717) is 30.4 Å². The lowest BCUT2D eigenvalue weighted by Gasteiger charge is -2.13. The van der Waals surface area contributed by atoms with Crippen LogP contribution in [0.2, 0.25) is 0 Å². The van der Waals surface area contributed by atoms with E-state index in [1.807, 2.05) is 13.8 Å². The van der Waals surface area contributed by atoms with Gasteiger partial charge in [-0.25, -0.2) is 8.42 Å². The topological polar surface area (TPSA) is 88.4 Å². The van der Waals surface area contributed by atoms with E-state index in [2.05, 4.69) is 4.72 Å². The minimum Gasteiger partial charge on any atom is -0.490 e. The number of rotatable bonds is 7. The van der Waals surface area contributed by atoms with Gasteiger partial charge in [-0.2, -0.15) is 5.26 Å². The molecule has 0 atom stereocenters. The van der Waals surface area contributed by atoms with Crippen molar-refractivity contribution in [2.75, 3.05) is 23.7 Å². The Morgan fingerprint density at radius 2 is 1.84 bits per heavy atom. The molecule has 0 heterocycles. The molecule has 19 heavy (non-hydrogen) atoms. The number of nitrogens with zero attached hydrogens (tertiary/aromatic N) is 1. The summed E-state index contributed by atoms with van der Waals surface area (Å²) in [6.07, 6.45) is 0. The van der Waals surface area contributed by atoms with Crippen molar-refractivity contribution in [3.63, 3.8) is 0 Å². The van der Waals surface area contributed by atoms with Crippen LogP contribution < -0.4 is 14.2 Å². The zero-order valence-electron chi connectivity index (χ0n) is 10.8. The molecule has 1 aromatic rings. The number of nitrogens with one attached hydrogen (secondary N) is 1. The third kappa shape index (κ3) is 4.67. The highest BCUT2D eigenvalue weighted by atomic mass is 32.2. The standard InChI is InChI=1S/C12H16N2O4S/c1-3-17-11-6-5-10(9-12(11)18-4-2)14-19(15,16)8-7-13/h5-6,9,14H,3-4,8H2,1-2H3. The van der Waals surface area contributed by atoms with E-state index in [9.17, 15) is 8.42 Å². The van der Waals surface area contributed by atoms with Crippen LogP contribution in [-0.4, -0.2) is 27.4 Å². The number of benzene rings is 1. The van der Waals surface area contributed by atoms with Gasteiger partial charge in [-0.15, -0.1) is 0 Å². The van der Waals surface area contributed by atoms with Crippen LogP contribution in [0.4, 0.5) is 5.69 Å². The van der Waals surface area contributed by atoms with Crippen molar-refractivity contribution in [3.8, 4) is 17.6 Å². The number of nitriles is 1. The molecule has 1 aromatic carbocycles. The van der Waals surface area contributed by atoms with Crippen LogP contribution in [0.3, 0.4) is 0 Å². The smallest absolute Gasteiger partial charge is 0.246 e. The Morgan fingerprint density at radius 1 is 1.21 bits per heavy atom. The van der Waals surface area contributed by atoms with Gasteiger partial charge in [0.25, 0.3) is 0 Å². The van der Waals surface area contributed by atoms with Gasteiger partial charge in [0.15, 0.2) is 17.3 Å². The second-order valence-electron chi connectivity index (χ2n) is 3.55. The summed E-state index contributed by atoms with van der Waals surface area (Å²) in [5.41, 5.74) is 0.335. The second kappa shape index (κ2) is 6.85. The molecule has 0 bridgehead atoms. The van der Waals surface area contributed by atoms with Crippen LogP contribution in [0.15, 0.2) is 18.2 Å². The van der Waals surface area contributed by atoms with Gasteiger partial charge in [0.05, 0.1) is 25.0 Å². The summed E-state index contributed by atoms with van der Waals surface area (Å²) in [5, 5.41) is 8.42. The number of hydrogen-bond donors (Lipinski definition) is 1. The van der Waals surface area contributed by atoms with E-state index >= 15 is 0 Å². The molecule has 0 spiro atoms. The number of ether oxygens (including phenoxy) is 2. The summed E-state index contributed by atoms with van der Waals surface area (Å²) >= 11 is 0. The molecular weight excluding hydrogens is 268 g/mol. The maximum atomic E-state index is 11.5. The van der Waals surface area contributed by atoms with E-state index in [4.69, 9.17) is 14.7 Å². The van der Waals surface area contributed by atoms with Gasteiger partial charge in [-0.3, -0.25) is 4.72 Å². The molecule has 0 saturated carbocycles. The third-order valence-electron chi connectivity index (χ3n) is 2.07. The minimum atomic E-state index is -3.65. The molecule has 7 heteroatoms. The molecule has 0 fully saturated rings. The Hall–Kier alpha value is -1.94. The Labute approximate surface area is 113 Å². The van der Waals surface area contributed by atoms with Gasteiger partial charge in [0.2, 0.25) is 10.0 Å². The van der Waals surface area contributed by atoms with Gasteiger partial charge in [-0.05, 0) is 26.0 Å². The van der Waals surface area contributed by atoms with Crippen LogP contribution in [0.25, 0.3) is 0 Å². The summed E-state index contributed by atoms with van der Waals surface area (Å²) in [7, 11) is -3.65. The average molecular weight is 284 g/mol. The monoisotopic (exact) mass is 284 g/mol. The van der Waals surface area contributed by atoms with Crippen molar-refractivity contribution < 1.29 is 17.9 Å². The maximum Gasteiger partial charge on any atom is 0.246 e. The number of sulfonamides is 1. The summed E-state index contributed by atoms with van der Waals surface area (Å²) in [6.45, 7) is 4.59. The lowest BCUT2D eigenvalue weighted by atomic mass is 10.3. The normalized spacial score (nSPS) is 10.6. The van der Waals surface area contributed by atoms with Crippen molar-refractivity contribution >= 4 is 15.7 Å². The van der Waals surface area contributed by atoms with E-state index in [-0.39, 0.29) is 0 Å². The zero-order chi connectivity index (χ0) is 14.3. The first kappa shape index (κ1) is 15.1. The van der Waals surface area contributed by atoms with E-state index in [1.165, 1.54) is 6.07 Å². The van der Waals surface area contributed by atoms with Crippen molar-refractivity contribution in [3.05, 3.63) is 18.2 Å². The third-order valence-corrected chi connectivity index (χ3v) is 3.13. The highest BCUT2D eigenvalue weighted by Gasteiger charge is 2.12. The number of anilines is 1. The van der Waals surface area contributed by atoms with Crippen molar-refractivity contribution in [2.45, 2.75) is 13.8 Å². The molecule has 1 rings (SSSR count). The lowest BCUT2D eigenvalue weighted by molar-refractivity contribution is 0.288. The number of hydrogen-bond acceptors (Lipinski definition) is 5. The molecule has 0 saturated heterocycles. The predicted molar refractivity (Wildman–Crippen MR) is 71.8 cm³/mol. The first-order chi connectivity index (χ1) is 9.02. The van der Waals surface area contributed by atoms with Crippen LogP contribution >= 0.6 is 0 Å². The van der Waals surface area contributed by atoms with Gasteiger partial charge in [-0.1, -0.05) is 0 Å². The van der Waals surface area contributed by atoms with Crippen molar-refractivity contribution in [1.82, 2.24) is 0 Å². The van der Waals surface area contributed by atoms with E-state index < -0.39 is 15.8 Å². The predicted octanol–water partition coefficient (Wildman–Crippen LogP) is 1.75. The lowest BCUT2D eigenvalue weighted by Crippen LogP contribution is -2.15. The second-order valence-corrected chi connectivity index (χ2v) is 5.27. The molecule has 0 aliphatic carbocycles. The van der Waals surface area contributed by atoms with E-state index in [0.717, 1.165) is 0 Å².